The van der Waals surface area contributed by atoms with Crippen molar-refractivity contribution >= 4 is 0 Å². The van der Waals surface area contributed by atoms with Gasteiger partial charge in [0.15, 0.2) is 0 Å². The van der Waals surface area contributed by atoms with E-state index in [0.717, 1.165) is 5.56 Å². The minimum atomic E-state index is -0.108. The van der Waals surface area contributed by atoms with Crippen LogP contribution >= 0.6 is 0 Å². The summed E-state index contributed by atoms with van der Waals surface area (Å²) in [5, 5.41) is 26.8. The van der Waals surface area contributed by atoms with Crippen molar-refractivity contribution in [3.8, 4) is 34.4 Å². The molecule has 2 aromatic carbocycles. The molecule has 3 aromatic rings. The highest BCUT2D eigenvalue weighted by molar-refractivity contribution is 5.65. The van der Waals surface area contributed by atoms with Crippen LogP contribution < -0.4 is 0 Å². The van der Waals surface area contributed by atoms with Crippen molar-refractivity contribution in [2.45, 2.75) is 0 Å². The summed E-state index contributed by atoms with van der Waals surface area (Å²) in [5.41, 5.74) is 1.19. The van der Waals surface area contributed by atoms with Gasteiger partial charge in [-0.1, -0.05) is 18.2 Å². The molecular formula is C14H10N2O3. The zero-order valence-corrected chi connectivity index (χ0v) is 9.82. The number of phenols is 2. The fourth-order valence-electron chi connectivity index (χ4n) is 1.73. The van der Waals surface area contributed by atoms with Crippen molar-refractivity contribution in [2.24, 2.45) is 0 Å². The summed E-state index contributed by atoms with van der Waals surface area (Å²) in [6, 6.07) is 13.5. The first-order chi connectivity index (χ1) is 9.24. The van der Waals surface area contributed by atoms with E-state index in [1.807, 2.05) is 30.3 Å². The molecule has 0 bridgehead atoms. The molecule has 0 unspecified atom stereocenters. The molecule has 94 valence electrons. The zero-order chi connectivity index (χ0) is 13.2. The van der Waals surface area contributed by atoms with Gasteiger partial charge in [-0.25, -0.2) is 0 Å². The van der Waals surface area contributed by atoms with Crippen LogP contribution in [0.5, 0.6) is 11.5 Å². The van der Waals surface area contributed by atoms with Gasteiger partial charge >= 0.3 is 0 Å². The van der Waals surface area contributed by atoms with E-state index in [0.29, 0.717) is 11.5 Å². The Bertz CT molecular complexity index is 708. The van der Waals surface area contributed by atoms with E-state index in [1.165, 1.54) is 18.2 Å². The molecule has 0 spiro atoms. The molecule has 0 radical (unpaired) electrons. The number of phenolic OH excluding ortho intramolecular Hbond substituents is 2. The smallest absolute Gasteiger partial charge is 0.251 e. The maximum atomic E-state index is 9.74. The van der Waals surface area contributed by atoms with Gasteiger partial charge in [0.25, 0.3) is 5.89 Å². The third kappa shape index (κ3) is 2.13. The lowest BCUT2D eigenvalue weighted by molar-refractivity contribution is 0.450. The number of hydrogen-bond donors (Lipinski definition) is 2. The van der Waals surface area contributed by atoms with Crippen LogP contribution in [-0.2, 0) is 0 Å². The number of aromatic nitrogens is 2. The van der Waals surface area contributed by atoms with Crippen LogP contribution in [-0.4, -0.2) is 20.4 Å². The Morgan fingerprint density at radius 1 is 0.842 bits per heavy atom. The van der Waals surface area contributed by atoms with Crippen molar-refractivity contribution in [3.63, 3.8) is 0 Å². The molecule has 5 nitrogen and oxygen atoms in total. The van der Waals surface area contributed by atoms with E-state index in [2.05, 4.69) is 10.2 Å². The van der Waals surface area contributed by atoms with Crippen LogP contribution in [0.4, 0.5) is 0 Å². The largest absolute Gasteiger partial charge is 0.508 e. The van der Waals surface area contributed by atoms with E-state index in [9.17, 15) is 10.2 Å². The van der Waals surface area contributed by atoms with Crippen molar-refractivity contribution in [2.75, 3.05) is 0 Å². The Morgan fingerprint density at radius 2 is 1.58 bits per heavy atom. The number of hydrogen-bond acceptors (Lipinski definition) is 5. The third-order valence-corrected chi connectivity index (χ3v) is 2.66. The summed E-state index contributed by atoms with van der Waals surface area (Å²) in [4.78, 5) is 0. The molecule has 0 aliphatic carbocycles. The van der Waals surface area contributed by atoms with Crippen molar-refractivity contribution in [1.82, 2.24) is 10.2 Å². The molecule has 1 heterocycles. The van der Waals surface area contributed by atoms with Crippen LogP contribution in [0.15, 0.2) is 52.9 Å². The number of benzene rings is 2. The summed E-state index contributed by atoms with van der Waals surface area (Å²) < 4.78 is 5.51. The molecule has 0 aliphatic rings. The molecule has 0 aliphatic heterocycles. The average molecular weight is 254 g/mol. The Balaban J connectivity index is 2.02. The average Bonchev–Trinajstić information content (AvgIpc) is 2.89. The maximum Gasteiger partial charge on any atom is 0.251 e. The molecule has 5 heteroatoms. The normalized spacial score (nSPS) is 10.5. The lowest BCUT2D eigenvalue weighted by Crippen LogP contribution is -1.79. The lowest BCUT2D eigenvalue weighted by Gasteiger charge is -1.99. The number of rotatable bonds is 2. The quantitative estimate of drug-likeness (QED) is 0.735. The van der Waals surface area contributed by atoms with Gasteiger partial charge in [-0.3, -0.25) is 0 Å². The molecule has 0 atom stereocenters. The van der Waals surface area contributed by atoms with Crippen molar-refractivity contribution < 1.29 is 14.6 Å². The molecule has 19 heavy (non-hydrogen) atoms. The second-order valence-electron chi connectivity index (χ2n) is 3.98. The second kappa shape index (κ2) is 4.45. The fourth-order valence-corrected chi connectivity index (χ4v) is 1.73. The fraction of sp³-hybridized carbons (Fsp3) is 0. The molecule has 0 amide bonds. The Hall–Kier alpha value is -2.82. The second-order valence-corrected chi connectivity index (χ2v) is 3.98. The summed E-state index contributed by atoms with van der Waals surface area (Å²) in [5.74, 6) is 0.451. The van der Waals surface area contributed by atoms with Gasteiger partial charge in [0, 0.05) is 11.6 Å². The van der Waals surface area contributed by atoms with Gasteiger partial charge in [0.1, 0.15) is 11.5 Å². The van der Waals surface area contributed by atoms with E-state index in [4.69, 9.17) is 4.42 Å². The summed E-state index contributed by atoms with van der Waals surface area (Å²) in [7, 11) is 0. The van der Waals surface area contributed by atoms with Gasteiger partial charge in [0.05, 0.1) is 5.56 Å². The summed E-state index contributed by atoms with van der Waals surface area (Å²) >= 11 is 0. The van der Waals surface area contributed by atoms with E-state index < -0.39 is 0 Å². The van der Waals surface area contributed by atoms with Crippen LogP contribution in [0, 0.1) is 0 Å². The molecular weight excluding hydrogens is 244 g/mol. The highest BCUT2D eigenvalue weighted by atomic mass is 16.4. The molecule has 1 aromatic heterocycles. The minimum Gasteiger partial charge on any atom is -0.508 e. The van der Waals surface area contributed by atoms with Gasteiger partial charge in [-0.2, -0.15) is 0 Å². The summed E-state index contributed by atoms with van der Waals surface area (Å²) in [6.07, 6.45) is 0. The first kappa shape index (κ1) is 11.3. The van der Waals surface area contributed by atoms with Crippen molar-refractivity contribution in [1.29, 1.82) is 0 Å². The van der Waals surface area contributed by atoms with Gasteiger partial charge in [0.2, 0.25) is 5.89 Å². The Labute approximate surface area is 108 Å². The first-order valence-electron chi connectivity index (χ1n) is 5.65. The van der Waals surface area contributed by atoms with Crippen LogP contribution in [0.1, 0.15) is 0 Å². The van der Waals surface area contributed by atoms with E-state index in [-0.39, 0.29) is 17.4 Å². The van der Waals surface area contributed by atoms with Gasteiger partial charge < -0.3 is 14.6 Å². The summed E-state index contributed by atoms with van der Waals surface area (Å²) in [6.45, 7) is 0. The Kier molecular flexibility index (Phi) is 2.64. The highest BCUT2D eigenvalue weighted by Gasteiger charge is 2.13. The van der Waals surface area contributed by atoms with E-state index >= 15 is 0 Å². The monoisotopic (exact) mass is 254 g/mol. The van der Waals surface area contributed by atoms with Crippen LogP contribution in [0.3, 0.4) is 0 Å². The number of aromatic hydroxyl groups is 2. The SMILES string of the molecule is Oc1ccc(-c2nnc(-c3ccccc3)o2)c(O)c1. The maximum absolute atomic E-state index is 9.74. The minimum absolute atomic E-state index is 0.0240. The molecule has 0 saturated heterocycles. The van der Waals surface area contributed by atoms with Crippen molar-refractivity contribution in [3.05, 3.63) is 48.5 Å². The standard InChI is InChI=1S/C14H10N2O3/c17-10-6-7-11(12(18)8-10)14-16-15-13(19-14)9-4-2-1-3-5-9/h1-8,17-18H. The molecule has 0 saturated carbocycles. The highest BCUT2D eigenvalue weighted by Crippen LogP contribution is 2.32. The van der Waals surface area contributed by atoms with Gasteiger partial charge in [-0.05, 0) is 24.3 Å². The number of nitrogens with zero attached hydrogens (tertiary/aromatic N) is 2. The van der Waals surface area contributed by atoms with E-state index in [1.54, 1.807) is 0 Å². The van der Waals surface area contributed by atoms with Crippen LogP contribution in [0.2, 0.25) is 0 Å². The van der Waals surface area contributed by atoms with Crippen LogP contribution in [0.25, 0.3) is 22.9 Å². The molecule has 3 rings (SSSR count). The predicted molar refractivity (Wildman–Crippen MR) is 68.5 cm³/mol. The predicted octanol–water partition coefficient (Wildman–Crippen LogP) is 2.81. The van der Waals surface area contributed by atoms with Gasteiger partial charge in [-0.15, -0.1) is 10.2 Å². The zero-order valence-electron chi connectivity index (χ0n) is 9.82. The topological polar surface area (TPSA) is 79.4 Å². The lowest BCUT2D eigenvalue weighted by atomic mass is 10.2. The third-order valence-electron chi connectivity index (χ3n) is 2.66. The Morgan fingerprint density at radius 3 is 2.32 bits per heavy atom. The molecule has 2 N–H and O–H groups in total. The first-order valence-corrected chi connectivity index (χ1v) is 5.65. The molecule has 0 fully saturated rings.